The van der Waals surface area contributed by atoms with Crippen LogP contribution in [0.3, 0.4) is 0 Å². The van der Waals surface area contributed by atoms with E-state index in [1.54, 1.807) is 0 Å². The predicted octanol–water partition coefficient (Wildman–Crippen LogP) is 2.53. The van der Waals surface area contributed by atoms with Crippen LogP contribution in [0.2, 0.25) is 5.02 Å². The van der Waals surface area contributed by atoms with Crippen LogP contribution < -0.4 is 4.18 Å². The Bertz CT molecular complexity index is 910. The molecule has 0 fully saturated rings. The van der Waals surface area contributed by atoms with Crippen molar-refractivity contribution < 1.29 is 21.9 Å². The van der Waals surface area contributed by atoms with E-state index in [9.17, 15) is 22.9 Å². The number of nitrogens with zero attached hydrogens (tertiary/aromatic N) is 3. The lowest BCUT2D eigenvalue weighted by atomic mass is 10.2. The van der Waals surface area contributed by atoms with Crippen molar-refractivity contribution in [3.05, 3.63) is 44.5 Å². The highest BCUT2D eigenvalue weighted by Crippen LogP contribution is 2.33. The van der Waals surface area contributed by atoms with E-state index < -0.39 is 20.9 Å². The molecule has 0 atom stereocenters. The molecule has 1 aromatic heterocycles. The highest BCUT2D eigenvalue weighted by molar-refractivity contribution is 7.86. The molecule has 2 rings (SSSR count). The van der Waals surface area contributed by atoms with E-state index in [1.807, 2.05) is 0 Å². The van der Waals surface area contributed by atoms with Gasteiger partial charge < -0.3 is 4.18 Å². The van der Waals surface area contributed by atoms with Crippen LogP contribution in [0.5, 0.6) is 5.75 Å². The molecule has 0 aliphatic heterocycles. The first-order valence-electron chi connectivity index (χ1n) is 6.10. The Kier molecular flexibility index (Phi) is 4.31. The second kappa shape index (κ2) is 5.78. The molecule has 0 unspecified atom stereocenters. The van der Waals surface area contributed by atoms with Gasteiger partial charge in [-0.05, 0) is 19.9 Å². The van der Waals surface area contributed by atoms with Gasteiger partial charge in [0.2, 0.25) is 0 Å². The normalized spacial score (nSPS) is 11.5. The minimum atomic E-state index is -3.88. The number of rotatable bonds is 4. The zero-order valence-electron chi connectivity index (χ0n) is 12.2. The standard InChI is InChI=1S/C12H11ClFN3O5S/c1-6-12(17(18)19)7(2)16(15-6)10-5-11(22-23(3,20)21)8(13)4-9(10)14/h4-5H,1-3H3. The molecule has 8 nitrogen and oxygen atoms in total. The SMILES string of the molecule is Cc1nn(-c2cc(OS(C)(=O)=O)c(Cl)cc2F)c(C)c1[N+](=O)[O-]. The Morgan fingerprint density at radius 3 is 2.48 bits per heavy atom. The summed E-state index contributed by atoms with van der Waals surface area (Å²) in [7, 11) is -3.88. The molecule has 2 aromatic rings. The Labute approximate surface area is 135 Å². The third-order valence-corrected chi connectivity index (χ3v) is 3.68. The third kappa shape index (κ3) is 3.42. The molecule has 0 saturated heterocycles. The lowest BCUT2D eigenvalue weighted by molar-refractivity contribution is -0.386. The molecule has 0 amide bonds. The second-order valence-corrected chi connectivity index (χ2v) is 6.69. The zero-order chi connectivity index (χ0) is 17.5. The Morgan fingerprint density at radius 2 is 2.00 bits per heavy atom. The first-order valence-corrected chi connectivity index (χ1v) is 8.30. The first-order chi connectivity index (χ1) is 10.5. The third-order valence-electron chi connectivity index (χ3n) is 2.91. The number of aromatic nitrogens is 2. The van der Waals surface area contributed by atoms with E-state index in [1.165, 1.54) is 13.8 Å². The maximum absolute atomic E-state index is 14.2. The summed E-state index contributed by atoms with van der Waals surface area (Å²) >= 11 is 5.75. The van der Waals surface area contributed by atoms with Crippen molar-refractivity contribution in [3.8, 4) is 11.4 Å². The van der Waals surface area contributed by atoms with E-state index in [2.05, 4.69) is 9.28 Å². The summed E-state index contributed by atoms with van der Waals surface area (Å²) < 4.78 is 42.2. The van der Waals surface area contributed by atoms with Crippen molar-refractivity contribution in [2.24, 2.45) is 0 Å². The maximum atomic E-state index is 14.2. The van der Waals surface area contributed by atoms with Gasteiger partial charge >= 0.3 is 15.8 Å². The average Bonchev–Trinajstić information content (AvgIpc) is 2.66. The van der Waals surface area contributed by atoms with Gasteiger partial charge in [-0.25, -0.2) is 9.07 Å². The lowest BCUT2D eigenvalue weighted by Crippen LogP contribution is -2.08. The summed E-state index contributed by atoms with van der Waals surface area (Å²) in [6.45, 7) is 2.80. The zero-order valence-corrected chi connectivity index (χ0v) is 13.8. The van der Waals surface area contributed by atoms with Crippen molar-refractivity contribution >= 4 is 27.4 Å². The van der Waals surface area contributed by atoms with Gasteiger partial charge in [0.15, 0.2) is 11.6 Å². The lowest BCUT2D eigenvalue weighted by Gasteiger charge is -2.10. The molecular formula is C12H11ClFN3O5S. The van der Waals surface area contributed by atoms with Gasteiger partial charge in [0.05, 0.1) is 16.2 Å². The molecule has 23 heavy (non-hydrogen) atoms. The van der Waals surface area contributed by atoms with Crippen LogP contribution in [-0.2, 0) is 10.1 Å². The molecule has 0 saturated carbocycles. The summed E-state index contributed by atoms with van der Waals surface area (Å²) in [5.41, 5.74) is -0.307. The van der Waals surface area contributed by atoms with Gasteiger partial charge in [-0.15, -0.1) is 0 Å². The Balaban J connectivity index is 2.67. The fraction of sp³-hybridized carbons (Fsp3) is 0.250. The summed E-state index contributed by atoms with van der Waals surface area (Å²) in [6.07, 6.45) is 0.806. The highest BCUT2D eigenvalue weighted by Gasteiger charge is 2.25. The summed E-state index contributed by atoms with van der Waals surface area (Å²) in [6, 6.07) is 1.86. The molecule has 1 aromatic carbocycles. The Morgan fingerprint density at radius 1 is 1.39 bits per heavy atom. The number of hydrogen-bond acceptors (Lipinski definition) is 6. The number of nitro groups is 1. The largest absolute Gasteiger partial charge is 0.381 e. The first kappa shape index (κ1) is 17.2. The van der Waals surface area contributed by atoms with E-state index in [0.29, 0.717) is 0 Å². The smallest absolute Gasteiger partial charge is 0.313 e. The van der Waals surface area contributed by atoms with Crippen LogP contribution in [-0.4, -0.2) is 29.4 Å². The van der Waals surface area contributed by atoms with Crippen molar-refractivity contribution in [2.75, 3.05) is 6.26 Å². The highest BCUT2D eigenvalue weighted by atomic mass is 35.5. The molecule has 11 heteroatoms. The fourth-order valence-corrected chi connectivity index (χ4v) is 2.74. The topological polar surface area (TPSA) is 104 Å². The number of benzene rings is 1. The van der Waals surface area contributed by atoms with Crippen LogP contribution in [0.1, 0.15) is 11.4 Å². The molecule has 0 bridgehead atoms. The molecule has 0 aliphatic rings. The van der Waals surface area contributed by atoms with Gasteiger partial charge in [-0.1, -0.05) is 11.6 Å². The number of aryl methyl sites for hydroxylation is 1. The van der Waals surface area contributed by atoms with Crippen LogP contribution in [0, 0.1) is 29.8 Å². The van der Waals surface area contributed by atoms with Crippen LogP contribution in [0.15, 0.2) is 12.1 Å². The maximum Gasteiger partial charge on any atom is 0.313 e. The molecule has 1 heterocycles. The van der Waals surface area contributed by atoms with E-state index in [0.717, 1.165) is 23.1 Å². The fourth-order valence-electron chi connectivity index (χ4n) is 2.04. The van der Waals surface area contributed by atoms with Crippen molar-refractivity contribution in [1.82, 2.24) is 9.78 Å². The van der Waals surface area contributed by atoms with Gasteiger partial charge in [0.1, 0.15) is 17.1 Å². The number of hydrogen-bond donors (Lipinski definition) is 0. The van der Waals surface area contributed by atoms with Gasteiger partial charge in [-0.2, -0.15) is 13.5 Å². The monoisotopic (exact) mass is 363 g/mol. The van der Waals surface area contributed by atoms with Crippen molar-refractivity contribution in [3.63, 3.8) is 0 Å². The minimum absolute atomic E-state index is 0.0824. The molecule has 124 valence electrons. The molecule has 0 radical (unpaired) electrons. The average molecular weight is 364 g/mol. The predicted molar refractivity (Wildman–Crippen MR) is 80.1 cm³/mol. The molecule has 0 N–H and O–H groups in total. The van der Waals surface area contributed by atoms with E-state index in [4.69, 9.17) is 11.6 Å². The summed E-state index contributed by atoms with van der Waals surface area (Å²) in [4.78, 5) is 10.4. The van der Waals surface area contributed by atoms with Gasteiger partial charge in [-0.3, -0.25) is 10.1 Å². The second-order valence-electron chi connectivity index (χ2n) is 4.71. The van der Waals surface area contributed by atoms with Gasteiger partial charge in [0, 0.05) is 6.07 Å². The van der Waals surface area contributed by atoms with Crippen LogP contribution >= 0.6 is 11.6 Å². The minimum Gasteiger partial charge on any atom is -0.381 e. The van der Waals surface area contributed by atoms with Crippen molar-refractivity contribution in [2.45, 2.75) is 13.8 Å². The molecule has 0 spiro atoms. The molecule has 0 aliphatic carbocycles. The van der Waals surface area contributed by atoms with Gasteiger partial charge in [0.25, 0.3) is 0 Å². The molecular weight excluding hydrogens is 353 g/mol. The van der Waals surface area contributed by atoms with Crippen molar-refractivity contribution in [1.29, 1.82) is 0 Å². The summed E-state index contributed by atoms with van der Waals surface area (Å²) in [5, 5.41) is 14.7. The number of halogens is 2. The summed E-state index contributed by atoms with van der Waals surface area (Å²) in [5.74, 6) is -1.14. The van der Waals surface area contributed by atoms with Crippen LogP contribution in [0.25, 0.3) is 5.69 Å². The van der Waals surface area contributed by atoms with Crippen LogP contribution in [0.4, 0.5) is 10.1 Å². The van der Waals surface area contributed by atoms with E-state index >= 15 is 0 Å². The quantitative estimate of drug-likeness (QED) is 0.469. The van der Waals surface area contributed by atoms with E-state index in [-0.39, 0.29) is 33.5 Å². The Hall–Kier alpha value is -2.20.